The molecular weight excluding hydrogens is 458 g/mol. The first-order valence-corrected chi connectivity index (χ1v) is 11.7. The van der Waals surface area contributed by atoms with Gasteiger partial charge in [0.15, 0.2) is 5.01 Å². The number of primary amides is 1. The molecule has 10 heteroatoms. The lowest BCUT2D eigenvalue weighted by Gasteiger charge is -2.13. The number of nitrogens with two attached hydrogens (primary N) is 1. The summed E-state index contributed by atoms with van der Waals surface area (Å²) < 4.78 is 4.88. The number of fused-ring (bicyclic) bond motifs is 1. The van der Waals surface area contributed by atoms with Crippen molar-refractivity contribution in [1.29, 1.82) is 0 Å². The van der Waals surface area contributed by atoms with E-state index in [0.717, 1.165) is 43.3 Å². The molecule has 4 aromatic heterocycles. The first-order chi connectivity index (χ1) is 15.8. The second kappa shape index (κ2) is 7.98. The predicted molar refractivity (Wildman–Crippen MR) is 129 cm³/mol. The van der Waals surface area contributed by atoms with Gasteiger partial charge in [-0.15, -0.1) is 22.7 Å². The Kier molecular flexibility index (Phi) is 5.10. The molecule has 1 aromatic carbocycles. The van der Waals surface area contributed by atoms with Gasteiger partial charge >= 0.3 is 5.97 Å². The maximum absolute atomic E-state index is 11.6. The van der Waals surface area contributed by atoms with E-state index in [1.54, 1.807) is 18.6 Å². The van der Waals surface area contributed by atoms with Gasteiger partial charge in [-0.05, 0) is 43.7 Å². The molecule has 0 bridgehead atoms. The van der Waals surface area contributed by atoms with E-state index in [2.05, 4.69) is 26.7 Å². The molecule has 5 rings (SSSR count). The fraction of sp³-hybridized carbons (Fsp3) is 0.130. The average molecular weight is 478 g/mol. The maximum Gasteiger partial charge on any atom is 0.345 e. The van der Waals surface area contributed by atoms with Gasteiger partial charge in [0.05, 0.1) is 34.5 Å². The lowest BCUT2D eigenvalue weighted by Crippen LogP contribution is -2.11. The van der Waals surface area contributed by atoms with Gasteiger partial charge in [-0.1, -0.05) is 6.07 Å². The van der Waals surface area contributed by atoms with Crippen LogP contribution in [0, 0.1) is 13.8 Å². The van der Waals surface area contributed by atoms with E-state index >= 15 is 0 Å². The number of hydrogen-bond donors (Lipinski definition) is 2. The van der Waals surface area contributed by atoms with Crippen molar-refractivity contribution in [3.05, 3.63) is 75.1 Å². The third kappa shape index (κ3) is 3.73. The van der Waals surface area contributed by atoms with Crippen LogP contribution in [0.15, 0.2) is 49.1 Å². The SMILES string of the molecule is Cc1cc(-n2ccnc2)ccc1-c1cc2sc(C(=O)O)cc2n1Cc1nc(C(N)=O)sc1C. The number of imidazole rings is 1. The van der Waals surface area contributed by atoms with Gasteiger partial charge < -0.3 is 20.0 Å². The average Bonchev–Trinajstić information content (AvgIpc) is 3.54. The number of carbonyl (C=O) groups excluding carboxylic acids is 1. The molecule has 0 aliphatic rings. The number of thiazole rings is 1. The third-order valence-electron chi connectivity index (χ3n) is 5.50. The number of hydrogen-bond acceptors (Lipinski definition) is 6. The van der Waals surface area contributed by atoms with E-state index in [4.69, 9.17) is 5.73 Å². The number of thiophene rings is 1. The summed E-state index contributed by atoms with van der Waals surface area (Å²) in [7, 11) is 0. The highest BCUT2D eigenvalue weighted by molar-refractivity contribution is 7.20. The Morgan fingerprint density at radius 3 is 2.61 bits per heavy atom. The van der Waals surface area contributed by atoms with Crippen molar-refractivity contribution in [1.82, 2.24) is 19.1 Å². The molecule has 4 heterocycles. The minimum absolute atomic E-state index is 0.268. The summed E-state index contributed by atoms with van der Waals surface area (Å²) in [6, 6.07) is 9.88. The van der Waals surface area contributed by atoms with Crippen molar-refractivity contribution >= 4 is 44.8 Å². The van der Waals surface area contributed by atoms with Gasteiger partial charge in [-0.3, -0.25) is 4.79 Å². The summed E-state index contributed by atoms with van der Waals surface area (Å²) in [5.74, 6) is -1.51. The number of carboxylic acids is 1. The van der Waals surface area contributed by atoms with E-state index in [1.165, 1.54) is 22.7 Å². The Bertz CT molecular complexity index is 1530. The van der Waals surface area contributed by atoms with Crippen LogP contribution < -0.4 is 5.73 Å². The predicted octanol–water partition coefficient (Wildman–Crippen LogP) is 4.47. The largest absolute Gasteiger partial charge is 0.477 e. The fourth-order valence-corrected chi connectivity index (χ4v) is 5.59. The number of rotatable bonds is 6. The molecular formula is C23H19N5O3S2. The van der Waals surface area contributed by atoms with Crippen LogP contribution in [0.25, 0.3) is 27.2 Å². The van der Waals surface area contributed by atoms with Crippen LogP contribution in [-0.2, 0) is 6.54 Å². The summed E-state index contributed by atoms with van der Waals surface area (Å²) in [5.41, 5.74) is 11.0. The third-order valence-corrected chi connectivity index (χ3v) is 7.59. The van der Waals surface area contributed by atoms with Gasteiger partial charge in [0.1, 0.15) is 4.88 Å². The summed E-state index contributed by atoms with van der Waals surface area (Å²) >= 11 is 2.51. The van der Waals surface area contributed by atoms with E-state index < -0.39 is 11.9 Å². The highest BCUT2D eigenvalue weighted by Gasteiger charge is 2.20. The zero-order chi connectivity index (χ0) is 23.3. The standard InChI is InChI=1S/C23H19N5O3S2/c1-12-7-14(27-6-5-25-11-27)3-4-15(12)17-8-19-18(9-20(33-19)23(30)31)28(17)10-16-13(2)32-22(26-16)21(24)29/h3-9,11H,10H2,1-2H3,(H2,24,29)(H,30,31). The van der Waals surface area contributed by atoms with Crippen LogP contribution in [0.5, 0.6) is 0 Å². The fourth-order valence-electron chi connectivity index (χ4n) is 3.88. The Morgan fingerprint density at radius 2 is 1.97 bits per heavy atom. The number of nitrogens with zero attached hydrogens (tertiary/aromatic N) is 4. The number of amides is 1. The molecule has 0 atom stereocenters. The van der Waals surface area contributed by atoms with Crippen LogP contribution in [0.1, 0.15) is 35.6 Å². The van der Waals surface area contributed by atoms with Crippen molar-refractivity contribution < 1.29 is 14.7 Å². The highest BCUT2D eigenvalue weighted by Crippen LogP contribution is 2.36. The molecule has 0 radical (unpaired) electrons. The van der Waals surface area contributed by atoms with E-state index in [1.807, 2.05) is 36.7 Å². The molecule has 0 fully saturated rings. The number of aromatic carboxylic acids is 1. The molecule has 0 saturated carbocycles. The number of aryl methyl sites for hydroxylation is 2. The van der Waals surface area contributed by atoms with Crippen LogP contribution in [0.2, 0.25) is 0 Å². The van der Waals surface area contributed by atoms with Gasteiger partial charge in [0.2, 0.25) is 0 Å². The molecule has 0 saturated heterocycles. The molecule has 166 valence electrons. The molecule has 8 nitrogen and oxygen atoms in total. The minimum Gasteiger partial charge on any atom is -0.477 e. The Hall–Kier alpha value is -3.76. The number of benzene rings is 1. The monoisotopic (exact) mass is 477 g/mol. The van der Waals surface area contributed by atoms with Gasteiger partial charge in [0.25, 0.3) is 5.91 Å². The molecule has 1 amide bonds. The first-order valence-electron chi connectivity index (χ1n) is 10.0. The summed E-state index contributed by atoms with van der Waals surface area (Å²) in [5, 5.41) is 9.74. The van der Waals surface area contributed by atoms with Crippen LogP contribution >= 0.6 is 22.7 Å². The second-order valence-corrected chi connectivity index (χ2v) is 9.92. The Balaban J connectivity index is 1.65. The number of carbonyl (C=O) groups is 2. The van der Waals surface area contributed by atoms with E-state index in [-0.39, 0.29) is 9.88 Å². The van der Waals surface area contributed by atoms with Gasteiger partial charge in [-0.2, -0.15) is 0 Å². The highest BCUT2D eigenvalue weighted by atomic mass is 32.1. The zero-order valence-corrected chi connectivity index (χ0v) is 19.4. The summed E-state index contributed by atoms with van der Waals surface area (Å²) in [4.78, 5) is 32.9. The molecule has 0 spiro atoms. The number of aromatic nitrogens is 4. The van der Waals surface area contributed by atoms with Crippen LogP contribution in [0.4, 0.5) is 0 Å². The lowest BCUT2D eigenvalue weighted by atomic mass is 10.0. The molecule has 0 unspecified atom stereocenters. The van der Waals surface area contributed by atoms with Crippen molar-refractivity contribution in [3.8, 4) is 16.9 Å². The zero-order valence-electron chi connectivity index (χ0n) is 17.8. The Morgan fingerprint density at radius 1 is 1.15 bits per heavy atom. The normalized spacial score (nSPS) is 11.3. The molecule has 5 aromatic rings. The second-order valence-electron chi connectivity index (χ2n) is 7.64. The Labute approximate surface area is 196 Å². The van der Waals surface area contributed by atoms with Crippen molar-refractivity contribution in [3.63, 3.8) is 0 Å². The number of carboxylic acid groups (broad SMARTS) is 1. The lowest BCUT2D eigenvalue weighted by molar-refractivity contribution is 0.0702. The minimum atomic E-state index is -0.953. The summed E-state index contributed by atoms with van der Waals surface area (Å²) in [6.45, 7) is 4.34. The molecule has 0 aliphatic heterocycles. The molecule has 33 heavy (non-hydrogen) atoms. The maximum atomic E-state index is 11.6. The topological polar surface area (TPSA) is 116 Å². The molecule has 0 aliphatic carbocycles. The quantitative estimate of drug-likeness (QED) is 0.374. The smallest absolute Gasteiger partial charge is 0.345 e. The van der Waals surface area contributed by atoms with E-state index in [9.17, 15) is 14.7 Å². The van der Waals surface area contributed by atoms with Crippen molar-refractivity contribution in [2.24, 2.45) is 5.73 Å². The molecule has 3 N–H and O–H groups in total. The van der Waals surface area contributed by atoms with Crippen LogP contribution in [-0.4, -0.2) is 36.1 Å². The first kappa shape index (κ1) is 21.1. The van der Waals surface area contributed by atoms with Crippen molar-refractivity contribution in [2.75, 3.05) is 0 Å². The van der Waals surface area contributed by atoms with Gasteiger partial charge in [0, 0.05) is 28.5 Å². The van der Waals surface area contributed by atoms with Crippen molar-refractivity contribution in [2.45, 2.75) is 20.4 Å². The summed E-state index contributed by atoms with van der Waals surface area (Å²) in [6.07, 6.45) is 5.38. The van der Waals surface area contributed by atoms with E-state index in [0.29, 0.717) is 6.54 Å². The van der Waals surface area contributed by atoms with Gasteiger partial charge in [-0.25, -0.2) is 14.8 Å². The van der Waals surface area contributed by atoms with Crippen LogP contribution in [0.3, 0.4) is 0 Å².